The van der Waals surface area contributed by atoms with E-state index in [0.717, 1.165) is 11.1 Å². The largest absolute Gasteiger partial charge is 0.455 e. The molecule has 0 amide bonds. The second kappa shape index (κ2) is 9.91. The molecule has 2 fully saturated rings. The van der Waals surface area contributed by atoms with Crippen molar-refractivity contribution < 1.29 is 38.0 Å². The summed E-state index contributed by atoms with van der Waals surface area (Å²) in [7, 11) is 1.46. The minimum absolute atomic E-state index is 0.218. The SMILES string of the molecule is CO[C@H]1O[C@@H]2COC(c3ccccc3)O[C@H]2[C@@H]2OC(=O)CCC(C)=CCCC(=O)O[C@@H]12. The van der Waals surface area contributed by atoms with Crippen LogP contribution in [-0.4, -0.2) is 56.4 Å². The van der Waals surface area contributed by atoms with Gasteiger partial charge in [0.1, 0.15) is 12.2 Å². The lowest BCUT2D eigenvalue weighted by Gasteiger charge is -2.47. The molecule has 1 unspecified atom stereocenters. The van der Waals surface area contributed by atoms with Crippen molar-refractivity contribution in [2.75, 3.05) is 13.7 Å². The van der Waals surface area contributed by atoms with Gasteiger partial charge in [-0.25, -0.2) is 0 Å². The van der Waals surface area contributed by atoms with Gasteiger partial charge < -0.3 is 28.4 Å². The van der Waals surface area contributed by atoms with E-state index in [1.165, 1.54) is 7.11 Å². The van der Waals surface area contributed by atoms with Crippen molar-refractivity contribution in [1.29, 1.82) is 0 Å². The molecule has 2 saturated heterocycles. The molecule has 8 heteroatoms. The Morgan fingerprint density at radius 2 is 1.65 bits per heavy atom. The molecule has 0 radical (unpaired) electrons. The second-order valence-electron chi connectivity index (χ2n) is 7.95. The highest BCUT2D eigenvalue weighted by Crippen LogP contribution is 2.37. The van der Waals surface area contributed by atoms with E-state index in [2.05, 4.69) is 0 Å². The van der Waals surface area contributed by atoms with Gasteiger partial charge >= 0.3 is 11.9 Å². The Labute approximate surface area is 181 Å². The smallest absolute Gasteiger partial charge is 0.306 e. The molecule has 0 spiro atoms. The predicted octanol–water partition coefficient (Wildman–Crippen LogP) is 2.82. The van der Waals surface area contributed by atoms with Gasteiger partial charge in [0.2, 0.25) is 0 Å². The van der Waals surface area contributed by atoms with E-state index in [0.29, 0.717) is 12.8 Å². The summed E-state index contributed by atoms with van der Waals surface area (Å²) < 4.78 is 34.9. The van der Waals surface area contributed by atoms with Crippen LogP contribution >= 0.6 is 0 Å². The quantitative estimate of drug-likeness (QED) is 0.521. The number of rotatable bonds is 2. The van der Waals surface area contributed by atoms with Crippen molar-refractivity contribution in [3.8, 4) is 0 Å². The number of allylic oxidation sites excluding steroid dienone is 2. The molecule has 6 atom stereocenters. The molecule has 3 heterocycles. The summed E-state index contributed by atoms with van der Waals surface area (Å²) in [5.74, 6) is -0.798. The number of ether oxygens (including phenoxy) is 6. The summed E-state index contributed by atoms with van der Waals surface area (Å²) in [5.41, 5.74) is 1.87. The summed E-state index contributed by atoms with van der Waals surface area (Å²) in [6.07, 6.45) is -1.07. The van der Waals surface area contributed by atoms with Crippen LogP contribution in [0.3, 0.4) is 0 Å². The second-order valence-corrected chi connectivity index (χ2v) is 7.95. The number of esters is 2. The minimum atomic E-state index is -0.943. The van der Waals surface area contributed by atoms with Crippen LogP contribution in [0.2, 0.25) is 0 Å². The Morgan fingerprint density at radius 1 is 0.903 bits per heavy atom. The van der Waals surface area contributed by atoms with Gasteiger partial charge in [-0.1, -0.05) is 42.0 Å². The van der Waals surface area contributed by atoms with Crippen molar-refractivity contribution in [2.45, 2.75) is 69.6 Å². The molecule has 3 aliphatic heterocycles. The Balaban J connectivity index is 1.61. The van der Waals surface area contributed by atoms with Gasteiger partial charge in [-0.05, 0) is 19.8 Å². The first-order chi connectivity index (χ1) is 15.0. The first-order valence-electron chi connectivity index (χ1n) is 10.6. The number of carbonyl (C=O) groups excluding carboxylic acids is 2. The normalized spacial score (nSPS) is 34.7. The molecule has 0 aliphatic carbocycles. The van der Waals surface area contributed by atoms with Crippen molar-refractivity contribution >= 4 is 11.9 Å². The highest BCUT2D eigenvalue weighted by atomic mass is 16.8. The molecule has 1 aromatic carbocycles. The van der Waals surface area contributed by atoms with Gasteiger partial charge in [-0.2, -0.15) is 0 Å². The molecule has 0 aromatic heterocycles. The molecule has 3 aliphatic rings. The Hall–Kier alpha value is -2.26. The van der Waals surface area contributed by atoms with Gasteiger partial charge in [0.25, 0.3) is 0 Å². The van der Waals surface area contributed by atoms with E-state index < -0.39 is 43.0 Å². The van der Waals surface area contributed by atoms with E-state index in [1.54, 1.807) is 0 Å². The molecular weight excluding hydrogens is 404 g/mol. The minimum Gasteiger partial charge on any atom is -0.455 e. The third-order valence-corrected chi connectivity index (χ3v) is 5.69. The van der Waals surface area contributed by atoms with Crippen molar-refractivity contribution in [3.05, 3.63) is 47.5 Å². The molecule has 4 rings (SSSR count). The topological polar surface area (TPSA) is 89.5 Å². The van der Waals surface area contributed by atoms with Crippen LogP contribution < -0.4 is 0 Å². The van der Waals surface area contributed by atoms with Crippen LogP contribution in [0.25, 0.3) is 0 Å². The first kappa shape index (κ1) is 22.0. The molecule has 0 bridgehead atoms. The lowest BCUT2D eigenvalue weighted by molar-refractivity contribution is -0.359. The number of benzene rings is 1. The van der Waals surface area contributed by atoms with Gasteiger partial charge in [0.05, 0.1) is 6.61 Å². The number of hydrogen-bond acceptors (Lipinski definition) is 8. The maximum Gasteiger partial charge on any atom is 0.306 e. The average Bonchev–Trinajstić information content (AvgIpc) is 2.78. The molecule has 0 N–H and O–H groups in total. The van der Waals surface area contributed by atoms with Crippen molar-refractivity contribution in [1.82, 2.24) is 0 Å². The van der Waals surface area contributed by atoms with Crippen LogP contribution in [0.4, 0.5) is 0 Å². The standard InChI is InChI=1S/C23H28O8/c1-14-7-6-10-17(24)30-21-20(29-18(25)12-11-14)19-16(28-23(21)26-2)13-27-22(31-19)15-8-4-3-5-9-15/h3-5,7-9,16,19-23H,6,10-13H2,1-2H3/t16-,19-,20+,21-,22?,23+/m1/s1. The zero-order valence-corrected chi connectivity index (χ0v) is 17.7. The van der Waals surface area contributed by atoms with E-state index in [1.807, 2.05) is 43.3 Å². The molecule has 0 saturated carbocycles. The number of fused-ring (bicyclic) bond motifs is 3. The van der Waals surface area contributed by atoms with E-state index >= 15 is 0 Å². The Kier molecular flexibility index (Phi) is 7.02. The molecule has 8 nitrogen and oxygen atoms in total. The molecular formula is C23H28O8. The summed E-state index contributed by atoms with van der Waals surface area (Å²) in [4.78, 5) is 25.1. The third kappa shape index (κ3) is 5.15. The lowest BCUT2D eigenvalue weighted by Crippen LogP contribution is -2.64. The monoisotopic (exact) mass is 432 g/mol. The maximum atomic E-state index is 12.6. The van der Waals surface area contributed by atoms with Crippen LogP contribution in [0, 0.1) is 0 Å². The fraction of sp³-hybridized carbons (Fsp3) is 0.565. The number of carbonyl (C=O) groups is 2. The van der Waals surface area contributed by atoms with Gasteiger partial charge in [0, 0.05) is 25.5 Å². The average molecular weight is 432 g/mol. The predicted molar refractivity (Wildman–Crippen MR) is 108 cm³/mol. The lowest BCUT2D eigenvalue weighted by atomic mass is 9.97. The van der Waals surface area contributed by atoms with E-state index in [4.69, 9.17) is 28.4 Å². The molecule has 168 valence electrons. The van der Waals surface area contributed by atoms with Crippen LogP contribution in [0.1, 0.15) is 44.5 Å². The molecule has 31 heavy (non-hydrogen) atoms. The Bertz CT molecular complexity index is 807. The van der Waals surface area contributed by atoms with Gasteiger partial charge in [-0.15, -0.1) is 0 Å². The number of hydrogen-bond donors (Lipinski definition) is 0. The fourth-order valence-corrected chi connectivity index (χ4v) is 4.03. The summed E-state index contributed by atoms with van der Waals surface area (Å²) in [6, 6.07) is 9.48. The summed E-state index contributed by atoms with van der Waals surface area (Å²) in [5, 5.41) is 0. The maximum absolute atomic E-state index is 12.6. The first-order valence-corrected chi connectivity index (χ1v) is 10.6. The zero-order chi connectivity index (χ0) is 21.8. The fourth-order valence-electron chi connectivity index (χ4n) is 4.03. The zero-order valence-electron chi connectivity index (χ0n) is 17.7. The van der Waals surface area contributed by atoms with E-state index in [-0.39, 0.29) is 25.4 Å². The Morgan fingerprint density at radius 3 is 2.42 bits per heavy atom. The van der Waals surface area contributed by atoms with Crippen molar-refractivity contribution in [2.24, 2.45) is 0 Å². The van der Waals surface area contributed by atoms with Gasteiger partial charge in [0.15, 0.2) is 24.8 Å². The van der Waals surface area contributed by atoms with Gasteiger partial charge in [-0.3, -0.25) is 9.59 Å². The van der Waals surface area contributed by atoms with Crippen LogP contribution in [0.15, 0.2) is 42.0 Å². The highest BCUT2D eigenvalue weighted by Gasteiger charge is 2.54. The highest BCUT2D eigenvalue weighted by molar-refractivity contribution is 5.71. The summed E-state index contributed by atoms with van der Waals surface area (Å²) in [6.45, 7) is 2.16. The third-order valence-electron chi connectivity index (χ3n) is 5.69. The summed E-state index contributed by atoms with van der Waals surface area (Å²) >= 11 is 0. The van der Waals surface area contributed by atoms with Crippen LogP contribution in [-0.2, 0) is 38.0 Å². The van der Waals surface area contributed by atoms with Crippen LogP contribution in [0.5, 0.6) is 0 Å². The van der Waals surface area contributed by atoms with Crippen molar-refractivity contribution in [3.63, 3.8) is 0 Å². The molecule has 1 aromatic rings. The number of methoxy groups -OCH3 is 1. The van der Waals surface area contributed by atoms with E-state index in [9.17, 15) is 9.59 Å².